The molecule has 0 bridgehead atoms. The fraction of sp³-hybridized carbons (Fsp3) is 0.483. The van der Waals surface area contributed by atoms with E-state index in [1.54, 1.807) is 0 Å². The first kappa shape index (κ1) is 23.7. The van der Waals surface area contributed by atoms with E-state index in [-0.39, 0.29) is 18.6 Å². The lowest BCUT2D eigenvalue weighted by Crippen LogP contribution is -2.39. The van der Waals surface area contributed by atoms with Crippen LogP contribution in [0.1, 0.15) is 63.0 Å². The number of ether oxygens (including phenoxy) is 2. The van der Waals surface area contributed by atoms with Gasteiger partial charge < -0.3 is 24.3 Å². The number of fused-ring (bicyclic) bond motifs is 2. The Kier molecular flexibility index (Phi) is 7.28. The summed E-state index contributed by atoms with van der Waals surface area (Å²) >= 11 is 0. The summed E-state index contributed by atoms with van der Waals surface area (Å²) < 4.78 is 13.4. The van der Waals surface area contributed by atoms with E-state index in [9.17, 15) is 4.79 Å². The number of aryl methyl sites for hydroxylation is 1. The fourth-order valence-corrected chi connectivity index (χ4v) is 5.61. The van der Waals surface area contributed by atoms with Crippen LogP contribution < -0.4 is 14.8 Å². The van der Waals surface area contributed by atoms with E-state index in [0.717, 1.165) is 36.6 Å². The van der Waals surface area contributed by atoms with Gasteiger partial charge in [-0.15, -0.1) is 0 Å². The number of aromatic nitrogens is 1. The summed E-state index contributed by atoms with van der Waals surface area (Å²) in [5.41, 5.74) is 3.45. The van der Waals surface area contributed by atoms with Crippen molar-refractivity contribution >= 4 is 16.8 Å². The van der Waals surface area contributed by atoms with E-state index >= 15 is 0 Å². The highest BCUT2D eigenvalue weighted by atomic mass is 16.7. The van der Waals surface area contributed by atoms with Gasteiger partial charge in [-0.3, -0.25) is 4.79 Å². The maximum absolute atomic E-state index is 13.2. The van der Waals surface area contributed by atoms with E-state index in [4.69, 9.17) is 9.47 Å². The Morgan fingerprint density at radius 1 is 1.14 bits per heavy atom. The van der Waals surface area contributed by atoms with Crippen molar-refractivity contribution in [2.24, 2.45) is 0 Å². The minimum Gasteiger partial charge on any atom is -0.454 e. The van der Waals surface area contributed by atoms with Gasteiger partial charge in [-0.05, 0) is 69.0 Å². The molecule has 3 heterocycles. The molecule has 3 aromatic rings. The summed E-state index contributed by atoms with van der Waals surface area (Å²) in [6.45, 7) is 8.55. The lowest BCUT2D eigenvalue weighted by atomic mass is 9.87. The van der Waals surface area contributed by atoms with Crippen LogP contribution in [0.15, 0.2) is 48.7 Å². The molecule has 2 aromatic carbocycles. The van der Waals surface area contributed by atoms with E-state index in [2.05, 4.69) is 65.2 Å². The third kappa shape index (κ3) is 5.18. The number of piperidine rings is 1. The molecule has 1 fully saturated rings. The van der Waals surface area contributed by atoms with Crippen LogP contribution in [0.25, 0.3) is 10.9 Å². The number of hydrogen-bond acceptors (Lipinski definition) is 4. The molecule has 6 heteroatoms. The monoisotopic (exact) mass is 475 g/mol. The molecule has 2 aliphatic rings. The lowest BCUT2D eigenvalue weighted by Gasteiger charge is -2.33. The predicted octanol–water partition coefficient (Wildman–Crippen LogP) is 5.29. The average molecular weight is 476 g/mol. The number of likely N-dealkylation sites (tertiary alicyclic amines) is 1. The average Bonchev–Trinajstić information content (AvgIpc) is 3.50. The maximum atomic E-state index is 13.2. The Bertz CT molecular complexity index is 1170. The van der Waals surface area contributed by atoms with Crippen molar-refractivity contribution in [3.63, 3.8) is 0 Å². The summed E-state index contributed by atoms with van der Waals surface area (Å²) in [6, 6.07) is 15.2. The van der Waals surface area contributed by atoms with Crippen LogP contribution in [0.4, 0.5) is 0 Å². The summed E-state index contributed by atoms with van der Waals surface area (Å²) in [4.78, 5) is 15.7. The molecule has 35 heavy (non-hydrogen) atoms. The van der Waals surface area contributed by atoms with Crippen LogP contribution in [0, 0.1) is 0 Å². The van der Waals surface area contributed by atoms with Crippen molar-refractivity contribution < 1.29 is 14.3 Å². The number of carbonyl (C=O) groups is 1. The first-order valence-electron chi connectivity index (χ1n) is 13.1. The number of carbonyl (C=O) groups excluding carboxylic acids is 1. The van der Waals surface area contributed by atoms with Gasteiger partial charge in [0.05, 0.1) is 0 Å². The molecular formula is C29H37N3O3. The third-order valence-electron chi connectivity index (χ3n) is 7.61. The number of benzene rings is 2. The van der Waals surface area contributed by atoms with Crippen molar-refractivity contribution in [3.8, 4) is 11.5 Å². The molecule has 1 saturated heterocycles. The molecule has 1 amide bonds. The number of amides is 1. The van der Waals surface area contributed by atoms with E-state index in [0.29, 0.717) is 19.0 Å². The Morgan fingerprint density at radius 2 is 2.00 bits per heavy atom. The highest BCUT2D eigenvalue weighted by molar-refractivity contribution is 5.86. The SMILES string of the molecule is CCn1cc(C(CC(=O)NCCCN2CCCCC2C)c2ccc3c(c2)OCO3)c2ccccc21. The molecule has 2 atom stereocenters. The second-order valence-electron chi connectivity index (χ2n) is 9.84. The molecule has 1 N–H and O–H groups in total. The van der Waals surface area contributed by atoms with Crippen molar-refractivity contribution in [3.05, 3.63) is 59.8 Å². The number of rotatable bonds is 9. The van der Waals surface area contributed by atoms with Crippen LogP contribution in [0.2, 0.25) is 0 Å². The van der Waals surface area contributed by atoms with Gasteiger partial charge in [-0.25, -0.2) is 0 Å². The van der Waals surface area contributed by atoms with E-state index in [1.165, 1.54) is 42.3 Å². The molecule has 1 aromatic heterocycles. The van der Waals surface area contributed by atoms with Crippen molar-refractivity contribution in [2.75, 3.05) is 26.4 Å². The Balaban J connectivity index is 1.33. The molecule has 0 aliphatic carbocycles. The van der Waals surface area contributed by atoms with Gasteiger partial charge in [0.2, 0.25) is 12.7 Å². The van der Waals surface area contributed by atoms with E-state index in [1.807, 2.05) is 12.1 Å². The molecule has 0 spiro atoms. The number of nitrogens with one attached hydrogen (secondary N) is 1. The normalized spacial score (nSPS) is 18.6. The van der Waals surface area contributed by atoms with Crippen LogP contribution >= 0.6 is 0 Å². The molecule has 5 rings (SSSR count). The second-order valence-corrected chi connectivity index (χ2v) is 9.84. The van der Waals surface area contributed by atoms with Gasteiger partial charge >= 0.3 is 0 Å². The van der Waals surface area contributed by atoms with Gasteiger partial charge in [-0.2, -0.15) is 0 Å². The second kappa shape index (κ2) is 10.7. The van der Waals surface area contributed by atoms with Gasteiger partial charge in [0.15, 0.2) is 11.5 Å². The molecule has 186 valence electrons. The zero-order chi connectivity index (χ0) is 24.2. The third-order valence-corrected chi connectivity index (χ3v) is 7.61. The van der Waals surface area contributed by atoms with Crippen LogP contribution in [0.3, 0.4) is 0 Å². The Hall–Kier alpha value is -2.99. The standard InChI is InChI=1S/C29H37N3O3/c1-3-31-19-25(23-10-4-5-11-26(23)31)24(22-12-13-27-28(17-22)35-20-34-27)18-29(33)30-14-8-16-32-15-7-6-9-21(32)2/h4-5,10-13,17,19,21,24H,3,6-9,14-16,18,20H2,1-2H3,(H,30,33). The Labute approximate surface area is 208 Å². The molecule has 0 radical (unpaired) electrons. The topological polar surface area (TPSA) is 55.7 Å². The van der Waals surface area contributed by atoms with Crippen molar-refractivity contribution in [2.45, 2.75) is 64.5 Å². The largest absolute Gasteiger partial charge is 0.454 e. The van der Waals surface area contributed by atoms with E-state index < -0.39 is 0 Å². The first-order chi connectivity index (χ1) is 17.1. The minimum absolute atomic E-state index is 0.0654. The van der Waals surface area contributed by atoms with Crippen LogP contribution in [0.5, 0.6) is 11.5 Å². The summed E-state index contributed by atoms with van der Waals surface area (Å²) in [5, 5.41) is 4.40. The van der Waals surface area contributed by atoms with Gasteiger partial charge in [0.25, 0.3) is 0 Å². The quantitative estimate of drug-likeness (QED) is 0.427. The highest BCUT2D eigenvalue weighted by Gasteiger charge is 2.25. The smallest absolute Gasteiger partial charge is 0.231 e. The first-order valence-corrected chi connectivity index (χ1v) is 13.1. The van der Waals surface area contributed by atoms with Crippen LogP contribution in [-0.2, 0) is 11.3 Å². The number of nitrogens with zero attached hydrogens (tertiary/aromatic N) is 2. The number of para-hydroxylation sites is 1. The lowest BCUT2D eigenvalue weighted by molar-refractivity contribution is -0.121. The maximum Gasteiger partial charge on any atom is 0.231 e. The molecule has 0 saturated carbocycles. The summed E-state index contributed by atoms with van der Waals surface area (Å²) in [7, 11) is 0. The van der Waals surface area contributed by atoms with Crippen LogP contribution in [-0.4, -0.2) is 47.8 Å². The predicted molar refractivity (Wildman–Crippen MR) is 139 cm³/mol. The zero-order valence-corrected chi connectivity index (χ0v) is 21.0. The zero-order valence-electron chi connectivity index (χ0n) is 21.0. The summed E-state index contributed by atoms with van der Waals surface area (Å²) in [6.07, 6.45) is 7.51. The molecule has 6 nitrogen and oxygen atoms in total. The number of hydrogen-bond donors (Lipinski definition) is 1. The van der Waals surface area contributed by atoms with Crippen molar-refractivity contribution in [1.29, 1.82) is 0 Å². The summed E-state index contributed by atoms with van der Waals surface area (Å²) in [5.74, 6) is 1.54. The fourth-order valence-electron chi connectivity index (χ4n) is 5.61. The Morgan fingerprint density at radius 3 is 2.86 bits per heavy atom. The molecule has 2 aliphatic heterocycles. The molecule has 2 unspecified atom stereocenters. The highest BCUT2D eigenvalue weighted by Crippen LogP contribution is 2.40. The van der Waals surface area contributed by atoms with Crippen molar-refractivity contribution in [1.82, 2.24) is 14.8 Å². The van der Waals surface area contributed by atoms with Gasteiger partial charge in [-0.1, -0.05) is 30.7 Å². The van der Waals surface area contributed by atoms with Gasteiger partial charge in [0, 0.05) is 55.1 Å². The molecular weight excluding hydrogens is 438 g/mol. The van der Waals surface area contributed by atoms with Gasteiger partial charge in [0.1, 0.15) is 0 Å². The minimum atomic E-state index is -0.0654.